The van der Waals surface area contributed by atoms with Gasteiger partial charge < -0.3 is 34.0 Å². The molecule has 1 atom stereocenters. The molecule has 2 aliphatic heterocycles. The minimum absolute atomic E-state index is 0.0609. The van der Waals surface area contributed by atoms with Gasteiger partial charge in [0.2, 0.25) is 5.88 Å². The third-order valence-electron chi connectivity index (χ3n) is 6.32. The van der Waals surface area contributed by atoms with E-state index in [4.69, 9.17) is 29.1 Å². The SMILES string of the molecule is CCOc1cc(C2C(C#N)=C(N)Oc3c2c(=O)oc2ccccc32)cc([N+](=O)[O-])c1OC(=O)N1CCOCC1. The van der Waals surface area contributed by atoms with Gasteiger partial charge in [-0.05, 0) is 30.7 Å². The molecular formula is C26H22N4O9. The predicted octanol–water partition coefficient (Wildman–Crippen LogP) is 3.15. The number of nitro benzene ring substituents is 1. The first-order valence-corrected chi connectivity index (χ1v) is 12.0. The Morgan fingerprint density at radius 1 is 1.28 bits per heavy atom. The number of rotatable bonds is 5. The number of para-hydroxylation sites is 1. The standard InChI is InChI=1S/C26H22N4O9/c1-2-36-19-12-14(11-17(30(33)34)23(19)39-26(32)29-7-9-35-10-8-29)20-16(13-27)24(28)38-22-15-5-3-4-6-18(15)37-25(31)21(20)22/h3-6,11-12,20H,2,7-10,28H2,1H3. The van der Waals surface area contributed by atoms with Crippen molar-refractivity contribution in [3.8, 4) is 23.3 Å². The van der Waals surface area contributed by atoms with Crippen LogP contribution in [-0.4, -0.2) is 48.8 Å². The number of nitriles is 1. The van der Waals surface area contributed by atoms with E-state index in [2.05, 4.69) is 0 Å². The van der Waals surface area contributed by atoms with Crippen LogP contribution in [0.25, 0.3) is 11.0 Å². The Bertz CT molecular complexity index is 1620. The molecule has 1 unspecified atom stereocenters. The number of carbonyl (C=O) groups is 1. The summed E-state index contributed by atoms with van der Waals surface area (Å²) < 4.78 is 27.5. The highest BCUT2D eigenvalue weighted by molar-refractivity contribution is 5.86. The number of fused-ring (bicyclic) bond motifs is 3. The Kier molecular flexibility index (Phi) is 6.78. The first kappa shape index (κ1) is 25.6. The zero-order valence-corrected chi connectivity index (χ0v) is 20.7. The smallest absolute Gasteiger partial charge is 0.415 e. The Morgan fingerprint density at radius 2 is 2.03 bits per heavy atom. The van der Waals surface area contributed by atoms with Crippen molar-refractivity contribution < 1.29 is 33.1 Å². The fraction of sp³-hybridized carbons (Fsp3) is 0.269. The van der Waals surface area contributed by atoms with Crippen molar-refractivity contribution in [3.63, 3.8) is 0 Å². The summed E-state index contributed by atoms with van der Waals surface area (Å²) in [6, 6.07) is 11.0. The highest BCUT2D eigenvalue weighted by Crippen LogP contribution is 2.47. The van der Waals surface area contributed by atoms with Gasteiger partial charge in [-0.3, -0.25) is 10.1 Å². The van der Waals surface area contributed by atoms with E-state index in [1.165, 1.54) is 11.0 Å². The van der Waals surface area contributed by atoms with Gasteiger partial charge in [-0.1, -0.05) is 12.1 Å². The Balaban J connectivity index is 1.70. The van der Waals surface area contributed by atoms with Crippen LogP contribution < -0.4 is 25.6 Å². The zero-order valence-electron chi connectivity index (χ0n) is 20.7. The zero-order chi connectivity index (χ0) is 27.7. The Hall–Kier alpha value is -5.09. The fourth-order valence-corrected chi connectivity index (χ4v) is 4.57. The minimum atomic E-state index is -1.19. The van der Waals surface area contributed by atoms with Crippen LogP contribution in [0.15, 0.2) is 57.1 Å². The molecule has 0 saturated carbocycles. The van der Waals surface area contributed by atoms with E-state index in [0.29, 0.717) is 18.6 Å². The second kappa shape index (κ2) is 10.3. The molecular weight excluding hydrogens is 512 g/mol. The van der Waals surface area contributed by atoms with Gasteiger partial charge in [-0.15, -0.1) is 0 Å². The van der Waals surface area contributed by atoms with Gasteiger partial charge in [0.15, 0.2) is 11.5 Å². The van der Waals surface area contributed by atoms with Crippen LogP contribution in [0.4, 0.5) is 10.5 Å². The molecule has 200 valence electrons. The molecule has 2 aromatic carbocycles. The van der Waals surface area contributed by atoms with Crippen molar-refractivity contribution >= 4 is 22.7 Å². The average molecular weight is 534 g/mol. The number of nitrogens with zero attached hydrogens (tertiary/aromatic N) is 3. The number of morpholine rings is 1. The van der Waals surface area contributed by atoms with Crippen LogP contribution in [-0.2, 0) is 4.74 Å². The van der Waals surface area contributed by atoms with Crippen LogP contribution in [0.2, 0.25) is 0 Å². The third kappa shape index (κ3) is 4.57. The Labute approximate surface area is 220 Å². The van der Waals surface area contributed by atoms with E-state index in [-0.39, 0.29) is 59.4 Å². The summed E-state index contributed by atoms with van der Waals surface area (Å²) in [5, 5.41) is 22.6. The maximum absolute atomic E-state index is 13.2. The van der Waals surface area contributed by atoms with E-state index < -0.39 is 34.0 Å². The van der Waals surface area contributed by atoms with E-state index in [9.17, 15) is 25.0 Å². The number of amides is 1. The summed E-state index contributed by atoms with van der Waals surface area (Å²) in [6.07, 6.45) is -0.805. The molecule has 1 saturated heterocycles. The molecule has 5 rings (SSSR count). The van der Waals surface area contributed by atoms with E-state index in [0.717, 1.165) is 6.07 Å². The molecule has 39 heavy (non-hydrogen) atoms. The van der Waals surface area contributed by atoms with E-state index in [1.807, 2.05) is 6.07 Å². The van der Waals surface area contributed by atoms with Gasteiger partial charge in [0.1, 0.15) is 17.2 Å². The van der Waals surface area contributed by atoms with Gasteiger partial charge in [0.05, 0.1) is 41.6 Å². The lowest BCUT2D eigenvalue weighted by molar-refractivity contribution is -0.385. The minimum Gasteiger partial charge on any atom is -0.490 e. The second-order valence-corrected chi connectivity index (χ2v) is 8.58. The number of benzene rings is 2. The number of hydrogen-bond acceptors (Lipinski definition) is 11. The summed E-state index contributed by atoms with van der Waals surface area (Å²) in [5.41, 5.74) is 4.82. The Morgan fingerprint density at radius 3 is 2.72 bits per heavy atom. The molecule has 0 radical (unpaired) electrons. The molecule has 1 amide bonds. The van der Waals surface area contributed by atoms with Crippen molar-refractivity contribution in [2.45, 2.75) is 12.8 Å². The summed E-state index contributed by atoms with van der Waals surface area (Å²) in [6.45, 7) is 2.84. The highest BCUT2D eigenvalue weighted by atomic mass is 16.6. The molecule has 3 aromatic rings. The van der Waals surface area contributed by atoms with Gasteiger partial charge >= 0.3 is 17.4 Å². The molecule has 3 heterocycles. The molecule has 0 spiro atoms. The number of allylic oxidation sites excluding steroid dienone is 1. The van der Waals surface area contributed by atoms with E-state index >= 15 is 0 Å². The number of carbonyl (C=O) groups excluding carboxylic acids is 1. The van der Waals surface area contributed by atoms with Crippen LogP contribution in [0.5, 0.6) is 17.2 Å². The first-order chi connectivity index (χ1) is 18.8. The van der Waals surface area contributed by atoms with Crippen LogP contribution in [0, 0.1) is 21.4 Å². The second-order valence-electron chi connectivity index (χ2n) is 8.58. The maximum atomic E-state index is 13.2. The molecule has 1 fully saturated rings. The fourth-order valence-electron chi connectivity index (χ4n) is 4.57. The van der Waals surface area contributed by atoms with Crippen molar-refractivity contribution in [2.24, 2.45) is 5.73 Å². The predicted molar refractivity (Wildman–Crippen MR) is 134 cm³/mol. The van der Waals surface area contributed by atoms with Crippen molar-refractivity contribution in [1.82, 2.24) is 4.90 Å². The molecule has 13 nitrogen and oxygen atoms in total. The van der Waals surface area contributed by atoms with Crippen molar-refractivity contribution in [3.05, 3.63) is 79.5 Å². The van der Waals surface area contributed by atoms with Crippen molar-refractivity contribution in [2.75, 3.05) is 32.9 Å². The van der Waals surface area contributed by atoms with Crippen LogP contribution in [0.3, 0.4) is 0 Å². The molecule has 2 aliphatic rings. The van der Waals surface area contributed by atoms with Gasteiger partial charge in [0, 0.05) is 19.2 Å². The number of nitro groups is 1. The normalized spacial score (nSPS) is 16.7. The van der Waals surface area contributed by atoms with Gasteiger partial charge in [0.25, 0.3) is 5.75 Å². The lowest BCUT2D eigenvalue weighted by atomic mass is 9.83. The van der Waals surface area contributed by atoms with Crippen molar-refractivity contribution in [1.29, 1.82) is 5.26 Å². The monoisotopic (exact) mass is 534 g/mol. The first-order valence-electron chi connectivity index (χ1n) is 12.0. The largest absolute Gasteiger partial charge is 0.490 e. The molecule has 0 bridgehead atoms. The maximum Gasteiger partial charge on any atom is 0.415 e. The quantitative estimate of drug-likeness (QED) is 0.288. The number of nitrogens with two attached hydrogens (primary N) is 1. The average Bonchev–Trinajstić information content (AvgIpc) is 2.93. The molecule has 2 N–H and O–H groups in total. The van der Waals surface area contributed by atoms with Gasteiger partial charge in [-0.25, -0.2) is 9.59 Å². The lowest BCUT2D eigenvalue weighted by Gasteiger charge is -2.27. The number of hydrogen-bond donors (Lipinski definition) is 1. The molecule has 0 aliphatic carbocycles. The highest BCUT2D eigenvalue weighted by Gasteiger charge is 2.38. The number of ether oxygens (including phenoxy) is 4. The summed E-state index contributed by atoms with van der Waals surface area (Å²) in [7, 11) is 0. The van der Waals surface area contributed by atoms with E-state index in [1.54, 1.807) is 31.2 Å². The summed E-state index contributed by atoms with van der Waals surface area (Å²) in [4.78, 5) is 38.8. The van der Waals surface area contributed by atoms with Gasteiger partial charge in [-0.2, -0.15) is 5.26 Å². The molecule has 13 heteroatoms. The van der Waals surface area contributed by atoms with Crippen LogP contribution >= 0.6 is 0 Å². The topological polar surface area (TPSA) is 180 Å². The lowest BCUT2D eigenvalue weighted by Crippen LogP contribution is -2.42. The van der Waals surface area contributed by atoms with Crippen LogP contribution in [0.1, 0.15) is 24.0 Å². The molecule has 1 aromatic heterocycles. The third-order valence-corrected chi connectivity index (χ3v) is 6.32. The summed E-state index contributed by atoms with van der Waals surface area (Å²) in [5.74, 6) is -1.92. The summed E-state index contributed by atoms with van der Waals surface area (Å²) >= 11 is 0.